The molecule has 0 radical (unpaired) electrons. The van der Waals surface area contributed by atoms with E-state index in [0.717, 1.165) is 10.0 Å². The minimum atomic E-state index is -0.459. The van der Waals surface area contributed by atoms with Crippen LogP contribution in [0.25, 0.3) is 11.3 Å². The van der Waals surface area contributed by atoms with Gasteiger partial charge >= 0.3 is 0 Å². The van der Waals surface area contributed by atoms with Crippen LogP contribution in [0, 0.1) is 5.82 Å². The van der Waals surface area contributed by atoms with Crippen LogP contribution in [0.3, 0.4) is 0 Å². The number of nitrogens with one attached hydrogen (secondary N) is 1. The van der Waals surface area contributed by atoms with Crippen molar-refractivity contribution in [1.29, 1.82) is 0 Å². The fraction of sp³-hybridized carbons (Fsp3) is 0.111. The van der Waals surface area contributed by atoms with Gasteiger partial charge in [-0.15, -0.1) is 0 Å². The van der Waals surface area contributed by atoms with Crippen molar-refractivity contribution in [3.05, 3.63) is 70.9 Å². The molecule has 0 spiro atoms. The first kappa shape index (κ1) is 16.4. The quantitative estimate of drug-likeness (QED) is 0.681. The van der Waals surface area contributed by atoms with Crippen LogP contribution in [-0.2, 0) is 11.2 Å². The number of nitrogens with zero attached hydrogens (tertiary/aromatic N) is 1. The molecular formula is C18H14BrFN2O2. The van der Waals surface area contributed by atoms with Crippen LogP contribution in [0.15, 0.2) is 63.6 Å². The van der Waals surface area contributed by atoms with Crippen molar-refractivity contribution in [3.8, 4) is 11.3 Å². The van der Waals surface area contributed by atoms with E-state index in [1.165, 1.54) is 12.1 Å². The highest BCUT2D eigenvalue weighted by molar-refractivity contribution is 9.10. The molecule has 0 aliphatic rings. The van der Waals surface area contributed by atoms with Gasteiger partial charge < -0.3 is 9.73 Å². The topological polar surface area (TPSA) is 55.1 Å². The number of oxazole rings is 1. The highest BCUT2D eigenvalue weighted by Crippen LogP contribution is 2.24. The van der Waals surface area contributed by atoms with Gasteiger partial charge in [0, 0.05) is 22.9 Å². The summed E-state index contributed by atoms with van der Waals surface area (Å²) in [5, 5.41) is 2.54. The molecule has 0 atom stereocenters. The van der Waals surface area contributed by atoms with Crippen LogP contribution in [0.4, 0.5) is 10.1 Å². The fourth-order valence-corrected chi connectivity index (χ4v) is 2.60. The van der Waals surface area contributed by atoms with Crippen LogP contribution >= 0.6 is 15.9 Å². The van der Waals surface area contributed by atoms with E-state index < -0.39 is 5.82 Å². The van der Waals surface area contributed by atoms with Crippen LogP contribution in [0.2, 0.25) is 0 Å². The van der Waals surface area contributed by atoms with Crippen molar-refractivity contribution in [3.63, 3.8) is 0 Å². The Balaban J connectivity index is 1.59. The summed E-state index contributed by atoms with van der Waals surface area (Å²) in [7, 11) is 0. The lowest BCUT2D eigenvalue weighted by Crippen LogP contribution is -2.13. The molecule has 1 N–H and O–H groups in total. The standard InChI is InChI=1S/C18H14BrFN2O2/c19-13-5-3-4-12(10-13)16-11-21-18(24-16)9-8-17(23)22-15-7-2-1-6-14(15)20/h1-7,10-11H,8-9H2,(H,22,23). The number of halogens is 2. The zero-order valence-corrected chi connectivity index (χ0v) is 14.2. The molecule has 24 heavy (non-hydrogen) atoms. The van der Waals surface area contributed by atoms with Crippen molar-refractivity contribution in [2.45, 2.75) is 12.8 Å². The van der Waals surface area contributed by atoms with Gasteiger partial charge in [-0.25, -0.2) is 9.37 Å². The molecule has 1 aromatic heterocycles. The predicted molar refractivity (Wildman–Crippen MR) is 93.0 cm³/mol. The second kappa shape index (κ2) is 7.40. The Morgan fingerprint density at radius 1 is 1.21 bits per heavy atom. The van der Waals surface area contributed by atoms with E-state index in [1.54, 1.807) is 18.3 Å². The summed E-state index contributed by atoms with van der Waals surface area (Å²) >= 11 is 3.41. The van der Waals surface area contributed by atoms with Gasteiger partial charge in [-0.05, 0) is 24.3 Å². The van der Waals surface area contributed by atoms with E-state index in [9.17, 15) is 9.18 Å². The summed E-state index contributed by atoms with van der Waals surface area (Å²) in [5.41, 5.74) is 1.07. The third-order valence-electron chi connectivity index (χ3n) is 3.38. The molecule has 4 nitrogen and oxygen atoms in total. The second-order valence-electron chi connectivity index (χ2n) is 5.16. The first-order valence-electron chi connectivity index (χ1n) is 7.37. The van der Waals surface area contributed by atoms with Crippen molar-refractivity contribution >= 4 is 27.5 Å². The highest BCUT2D eigenvalue weighted by Gasteiger charge is 2.10. The Morgan fingerprint density at radius 2 is 2.04 bits per heavy atom. The zero-order valence-electron chi connectivity index (χ0n) is 12.6. The lowest BCUT2D eigenvalue weighted by molar-refractivity contribution is -0.116. The molecule has 2 aromatic carbocycles. The van der Waals surface area contributed by atoms with Gasteiger partial charge in [0.1, 0.15) is 5.82 Å². The largest absolute Gasteiger partial charge is 0.441 e. The normalized spacial score (nSPS) is 10.6. The van der Waals surface area contributed by atoms with Crippen LogP contribution in [-0.4, -0.2) is 10.9 Å². The maximum Gasteiger partial charge on any atom is 0.224 e. The summed E-state index contributed by atoms with van der Waals surface area (Å²) in [6, 6.07) is 13.7. The summed E-state index contributed by atoms with van der Waals surface area (Å²) in [5.74, 6) is 0.357. The molecule has 1 heterocycles. The summed E-state index contributed by atoms with van der Waals surface area (Å²) in [6.45, 7) is 0. The average molecular weight is 389 g/mol. The first-order chi connectivity index (χ1) is 11.6. The number of para-hydroxylation sites is 1. The molecule has 122 valence electrons. The Bertz CT molecular complexity index is 863. The molecule has 3 rings (SSSR count). The Kier molecular flexibility index (Phi) is 5.05. The third kappa shape index (κ3) is 4.08. The molecule has 1 amide bonds. The maximum absolute atomic E-state index is 13.5. The number of carbonyl (C=O) groups excluding carboxylic acids is 1. The van der Waals surface area contributed by atoms with E-state index in [0.29, 0.717) is 18.1 Å². The molecule has 3 aromatic rings. The minimum absolute atomic E-state index is 0.159. The molecular weight excluding hydrogens is 375 g/mol. The molecule has 0 aliphatic heterocycles. The number of carbonyl (C=O) groups is 1. The number of aryl methyl sites for hydroxylation is 1. The monoisotopic (exact) mass is 388 g/mol. The van der Waals surface area contributed by atoms with Gasteiger partial charge in [-0.2, -0.15) is 0 Å². The van der Waals surface area contributed by atoms with Crippen molar-refractivity contribution < 1.29 is 13.6 Å². The Hall–Kier alpha value is -2.47. The van der Waals surface area contributed by atoms with E-state index >= 15 is 0 Å². The number of aromatic nitrogens is 1. The van der Waals surface area contributed by atoms with E-state index in [1.807, 2.05) is 24.3 Å². The fourth-order valence-electron chi connectivity index (χ4n) is 2.20. The van der Waals surface area contributed by atoms with Crippen LogP contribution in [0.1, 0.15) is 12.3 Å². The minimum Gasteiger partial charge on any atom is -0.441 e. The Labute approximate surface area is 146 Å². The second-order valence-corrected chi connectivity index (χ2v) is 6.07. The number of amides is 1. The average Bonchev–Trinajstić information content (AvgIpc) is 3.04. The predicted octanol–water partition coefficient (Wildman–Crippen LogP) is 4.81. The first-order valence-corrected chi connectivity index (χ1v) is 8.16. The van der Waals surface area contributed by atoms with Gasteiger partial charge in [0.2, 0.25) is 5.91 Å². The number of benzene rings is 2. The number of hydrogen-bond acceptors (Lipinski definition) is 3. The van der Waals surface area contributed by atoms with Gasteiger partial charge in [-0.3, -0.25) is 4.79 Å². The van der Waals surface area contributed by atoms with Gasteiger partial charge in [0.05, 0.1) is 11.9 Å². The van der Waals surface area contributed by atoms with Gasteiger partial charge in [0.25, 0.3) is 0 Å². The smallest absolute Gasteiger partial charge is 0.224 e. The summed E-state index contributed by atoms with van der Waals surface area (Å²) in [6.07, 6.45) is 2.13. The molecule has 0 saturated carbocycles. The van der Waals surface area contributed by atoms with Crippen molar-refractivity contribution in [1.82, 2.24) is 4.98 Å². The molecule has 0 bridgehead atoms. The van der Waals surface area contributed by atoms with Crippen molar-refractivity contribution in [2.75, 3.05) is 5.32 Å². The maximum atomic E-state index is 13.5. The lowest BCUT2D eigenvalue weighted by Gasteiger charge is -2.05. The highest BCUT2D eigenvalue weighted by atomic mass is 79.9. The molecule has 0 fully saturated rings. The van der Waals surface area contributed by atoms with Crippen LogP contribution in [0.5, 0.6) is 0 Å². The molecule has 0 aliphatic carbocycles. The zero-order chi connectivity index (χ0) is 16.9. The molecule has 6 heteroatoms. The van der Waals surface area contributed by atoms with E-state index in [2.05, 4.69) is 26.2 Å². The number of anilines is 1. The summed E-state index contributed by atoms with van der Waals surface area (Å²) in [4.78, 5) is 16.1. The van der Waals surface area contributed by atoms with Gasteiger partial charge in [0.15, 0.2) is 11.7 Å². The van der Waals surface area contributed by atoms with E-state index in [-0.39, 0.29) is 18.0 Å². The molecule has 0 saturated heterocycles. The van der Waals surface area contributed by atoms with Crippen molar-refractivity contribution in [2.24, 2.45) is 0 Å². The lowest BCUT2D eigenvalue weighted by atomic mass is 10.2. The SMILES string of the molecule is O=C(CCc1ncc(-c2cccc(Br)c2)o1)Nc1ccccc1F. The number of hydrogen-bond donors (Lipinski definition) is 1. The summed E-state index contributed by atoms with van der Waals surface area (Å²) < 4.78 is 20.1. The Morgan fingerprint density at radius 3 is 2.83 bits per heavy atom. The third-order valence-corrected chi connectivity index (χ3v) is 3.87. The molecule has 0 unspecified atom stereocenters. The van der Waals surface area contributed by atoms with Crippen LogP contribution < -0.4 is 5.32 Å². The van der Waals surface area contributed by atoms with E-state index in [4.69, 9.17) is 4.42 Å². The number of rotatable bonds is 5. The van der Waals surface area contributed by atoms with Gasteiger partial charge in [-0.1, -0.05) is 40.2 Å².